The maximum atomic E-state index is 13.5. The van der Waals surface area contributed by atoms with Crippen molar-refractivity contribution in [3.05, 3.63) is 0 Å². The van der Waals surface area contributed by atoms with E-state index < -0.39 is 7.59 Å². The molecule has 0 bridgehead atoms. The SMILES string of the molecule is CCN(CC)P(N)(=O)N(SC1CCCCC1)C1CCCCC1. The summed E-state index contributed by atoms with van der Waals surface area (Å²) in [7, 11) is -2.92. The Kier molecular flexibility index (Phi) is 7.75. The Bertz CT molecular complexity index is 366. The van der Waals surface area contributed by atoms with E-state index in [0.29, 0.717) is 11.3 Å². The summed E-state index contributed by atoms with van der Waals surface area (Å²) < 4.78 is 17.6. The minimum atomic E-state index is -2.92. The van der Waals surface area contributed by atoms with Crippen LogP contribution in [0.4, 0.5) is 0 Å². The van der Waals surface area contributed by atoms with Gasteiger partial charge in [0, 0.05) is 24.4 Å². The Morgan fingerprint density at radius 2 is 1.45 bits per heavy atom. The zero-order valence-corrected chi connectivity index (χ0v) is 16.1. The third-order valence-electron chi connectivity index (χ3n) is 5.11. The van der Waals surface area contributed by atoms with Gasteiger partial charge in [0.1, 0.15) is 0 Å². The molecular weight excluding hydrogens is 313 g/mol. The van der Waals surface area contributed by atoms with Gasteiger partial charge in [0.05, 0.1) is 0 Å². The van der Waals surface area contributed by atoms with E-state index in [9.17, 15) is 4.57 Å². The number of nitrogens with zero attached hydrogens (tertiary/aromatic N) is 2. The third-order valence-corrected chi connectivity index (χ3v) is 9.65. The van der Waals surface area contributed by atoms with Gasteiger partial charge in [-0.25, -0.2) is 4.67 Å². The van der Waals surface area contributed by atoms with Gasteiger partial charge in [-0.15, -0.1) is 0 Å². The molecule has 0 spiro atoms. The summed E-state index contributed by atoms with van der Waals surface area (Å²) in [6.07, 6.45) is 12.6. The Balaban J connectivity index is 2.13. The second-order valence-electron chi connectivity index (χ2n) is 6.69. The Morgan fingerprint density at radius 3 is 1.95 bits per heavy atom. The molecule has 4 nitrogen and oxygen atoms in total. The lowest BCUT2D eigenvalue weighted by molar-refractivity contribution is 0.316. The summed E-state index contributed by atoms with van der Waals surface area (Å²) in [6.45, 7) is 5.65. The molecule has 1 unspecified atom stereocenters. The molecule has 6 heteroatoms. The lowest BCUT2D eigenvalue weighted by Crippen LogP contribution is -2.40. The summed E-state index contributed by atoms with van der Waals surface area (Å²) in [5, 5.41) is 0.614. The predicted octanol–water partition coefficient (Wildman–Crippen LogP) is 5.01. The van der Waals surface area contributed by atoms with Gasteiger partial charge in [-0.2, -0.15) is 4.08 Å². The summed E-state index contributed by atoms with van der Waals surface area (Å²) >= 11 is 1.84. The Hall–Kier alpha value is 0.460. The number of rotatable bonds is 7. The molecule has 0 radical (unpaired) electrons. The smallest absolute Gasteiger partial charge is 0.270 e. The average Bonchev–Trinajstić information content (AvgIpc) is 2.55. The van der Waals surface area contributed by atoms with E-state index in [2.05, 4.69) is 17.9 Å². The van der Waals surface area contributed by atoms with E-state index in [-0.39, 0.29) is 0 Å². The van der Waals surface area contributed by atoms with Crippen LogP contribution in [0, 0.1) is 0 Å². The fourth-order valence-corrected chi connectivity index (χ4v) is 8.01. The molecule has 2 aliphatic rings. The minimum absolute atomic E-state index is 0.400. The highest BCUT2D eigenvalue weighted by atomic mass is 32.2. The molecule has 2 rings (SSSR count). The molecule has 2 saturated carbocycles. The van der Waals surface area contributed by atoms with Crippen molar-refractivity contribution in [3.8, 4) is 0 Å². The van der Waals surface area contributed by atoms with Crippen LogP contribution in [0.25, 0.3) is 0 Å². The van der Waals surface area contributed by atoms with E-state index in [4.69, 9.17) is 5.50 Å². The largest absolute Gasteiger partial charge is 0.291 e. The van der Waals surface area contributed by atoms with Crippen LogP contribution in [0.15, 0.2) is 0 Å². The summed E-state index contributed by atoms with van der Waals surface area (Å²) in [5.74, 6) is 0. The fraction of sp³-hybridized carbons (Fsp3) is 1.00. The van der Waals surface area contributed by atoms with Gasteiger partial charge in [-0.1, -0.05) is 64.3 Å². The molecule has 2 fully saturated rings. The van der Waals surface area contributed by atoms with Gasteiger partial charge < -0.3 is 0 Å². The topological polar surface area (TPSA) is 49.6 Å². The van der Waals surface area contributed by atoms with E-state index in [0.717, 1.165) is 25.9 Å². The zero-order valence-electron chi connectivity index (χ0n) is 14.4. The van der Waals surface area contributed by atoms with Crippen LogP contribution in [0.2, 0.25) is 0 Å². The fourth-order valence-electron chi connectivity index (χ4n) is 3.77. The molecule has 0 heterocycles. The van der Waals surface area contributed by atoms with Crippen LogP contribution in [-0.2, 0) is 4.57 Å². The highest BCUT2D eigenvalue weighted by molar-refractivity contribution is 8.02. The van der Waals surface area contributed by atoms with Crippen LogP contribution >= 0.6 is 19.5 Å². The monoisotopic (exact) mass is 347 g/mol. The predicted molar refractivity (Wildman–Crippen MR) is 97.9 cm³/mol. The van der Waals surface area contributed by atoms with Gasteiger partial charge in [0.25, 0.3) is 7.59 Å². The normalized spacial score (nSPS) is 24.8. The number of hydrogen-bond donors (Lipinski definition) is 1. The highest BCUT2D eigenvalue weighted by Gasteiger charge is 2.39. The van der Waals surface area contributed by atoms with E-state index in [1.807, 2.05) is 16.6 Å². The molecule has 0 aromatic carbocycles. The van der Waals surface area contributed by atoms with Gasteiger partial charge in [0.2, 0.25) is 0 Å². The molecule has 0 aliphatic heterocycles. The van der Waals surface area contributed by atoms with E-state index in [1.54, 1.807) is 0 Å². The first kappa shape index (κ1) is 18.8. The second kappa shape index (κ2) is 9.08. The van der Waals surface area contributed by atoms with Crippen molar-refractivity contribution in [3.63, 3.8) is 0 Å². The minimum Gasteiger partial charge on any atom is -0.270 e. The zero-order chi connectivity index (χ0) is 16.0. The second-order valence-corrected chi connectivity index (χ2v) is 10.4. The van der Waals surface area contributed by atoms with Crippen LogP contribution in [0.3, 0.4) is 0 Å². The van der Waals surface area contributed by atoms with Crippen molar-refractivity contribution in [2.75, 3.05) is 13.1 Å². The summed E-state index contributed by atoms with van der Waals surface area (Å²) in [5.41, 5.74) is 6.46. The quantitative estimate of drug-likeness (QED) is 0.518. The lowest BCUT2D eigenvalue weighted by atomic mass is 9.96. The standard InChI is InChI=1S/C16H34N3OPS/c1-3-18(4-2)21(17,20)19(15-11-7-5-8-12-15)22-16-13-9-6-10-14-16/h15-16H,3-14H2,1-2H3,(H2,17,20). The molecule has 0 aromatic rings. The maximum absolute atomic E-state index is 13.5. The van der Waals surface area contributed by atoms with Crippen molar-refractivity contribution in [1.29, 1.82) is 0 Å². The Labute approximate surface area is 141 Å². The van der Waals surface area contributed by atoms with Crippen LogP contribution < -0.4 is 5.50 Å². The molecule has 2 N–H and O–H groups in total. The molecule has 0 amide bonds. The molecular formula is C16H34N3OPS. The third kappa shape index (κ3) is 4.73. The Morgan fingerprint density at radius 1 is 0.955 bits per heavy atom. The molecule has 2 aliphatic carbocycles. The number of nitrogens with two attached hydrogens (primary N) is 1. The van der Waals surface area contributed by atoms with Gasteiger partial charge >= 0.3 is 0 Å². The molecule has 1 atom stereocenters. The van der Waals surface area contributed by atoms with Crippen molar-refractivity contribution >= 4 is 19.5 Å². The van der Waals surface area contributed by atoms with Crippen molar-refractivity contribution in [2.45, 2.75) is 89.3 Å². The van der Waals surface area contributed by atoms with E-state index in [1.165, 1.54) is 51.4 Å². The summed E-state index contributed by atoms with van der Waals surface area (Å²) in [4.78, 5) is 0. The van der Waals surface area contributed by atoms with Gasteiger partial charge in [0.15, 0.2) is 0 Å². The first-order valence-electron chi connectivity index (χ1n) is 9.20. The van der Waals surface area contributed by atoms with Crippen molar-refractivity contribution in [2.24, 2.45) is 5.50 Å². The molecule has 0 aromatic heterocycles. The van der Waals surface area contributed by atoms with Crippen LogP contribution in [-0.4, -0.2) is 33.1 Å². The first-order valence-corrected chi connectivity index (χ1v) is 11.7. The average molecular weight is 348 g/mol. The van der Waals surface area contributed by atoms with Crippen LogP contribution in [0.1, 0.15) is 78.1 Å². The maximum Gasteiger partial charge on any atom is 0.291 e. The lowest BCUT2D eigenvalue weighted by Gasteiger charge is -2.42. The number of hydrogen-bond acceptors (Lipinski definition) is 2. The molecule has 130 valence electrons. The highest BCUT2D eigenvalue weighted by Crippen LogP contribution is 2.54. The van der Waals surface area contributed by atoms with Crippen LogP contribution in [0.5, 0.6) is 0 Å². The van der Waals surface area contributed by atoms with E-state index >= 15 is 0 Å². The summed E-state index contributed by atoms with van der Waals surface area (Å²) in [6, 6.07) is 0.400. The first-order chi connectivity index (χ1) is 10.6. The van der Waals surface area contributed by atoms with Gasteiger partial charge in [-0.3, -0.25) is 10.1 Å². The molecule has 0 saturated heterocycles. The van der Waals surface area contributed by atoms with Gasteiger partial charge in [-0.05, 0) is 25.7 Å². The molecule has 22 heavy (non-hydrogen) atoms. The van der Waals surface area contributed by atoms with Crippen molar-refractivity contribution in [1.82, 2.24) is 8.75 Å². The van der Waals surface area contributed by atoms with Crippen molar-refractivity contribution < 1.29 is 4.57 Å².